The maximum Gasteiger partial charge on any atom is 0.350 e. The lowest BCUT2D eigenvalue weighted by Gasteiger charge is -2.52. The first kappa shape index (κ1) is 25.4. The lowest BCUT2D eigenvalue weighted by molar-refractivity contribution is -0.130. The van der Waals surface area contributed by atoms with Crippen LogP contribution in [0.1, 0.15) is 47.8 Å². The lowest BCUT2D eigenvalue weighted by Crippen LogP contribution is -2.64. The van der Waals surface area contributed by atoms with Crippen LogP contribution in [0.2, 0.25) is 35.8 Å². The number of ketones is 1. The average Bonchev–Trinajstić information content (AvgIpc) is 3.26. The van der Waals surface area contributed by atoms with Gasteiger partial charge in [0, 0.05) is 18.2 Å². The molecule has 11 heteroatoms. The summed E-state index contributed by atoms with van der Waals surface area (Å²) in [5.74, 6) is 0.300. The Morgan fingerprint density at radius 3 is 2.41 bits per heavy atom. The summed E-state index contributed by atoms with van der Waals surface area (Å²) in [6.45, 7) is 20.6. The summed E-state index contributed by atoms with van der Waals surface area (Å²) < 4.78 is 26.9. The van der Waals surface area contributed by atoms with Crippen LogP contribution in [0.4, 0.5) is 0 Å². The van der Waals surface area contributed by atoms with Gasteiger partial charge in [0.15, 0.2) is 17.4 Å². The molecule has 0 radical (unpaired) electrons. The monoisotopic (exact) mass is 506 g/mol. The van der Waals surface area contributed by atoms with Crippen LogP contribution in [0.15, 0.2) is 12.7 Å². The summed E-state index contributed by atoms with van der Waals surface area (Å²) in [6, 6.07) is 1.01. The topological polar surface area (TPSA) is 97.6 Å². The number of Topliss-reactive ketones (excluding diaryl/α,β-unsaturated/α-hetero) is 1. The molecule has 4 heterocycles. The van der Waals surface area contributed by atoms with Gasteiger partial charge >= 0.3 is 8.56 Å². The number of aromatic nitrogens is 4. The van der Waals surface area contributed by atoms with Crippen LogP contribution in [0.3, 0.4) is 0 Å². The van der Waals surface area contributed by atoms with Crippen LogP contribution in [-0.2, 0) is 18.4 Å². The van der Waals surface area contributed by atoms with Gasteiger partial charge in [-0.15, -0.1) is 0 Å². The van der Waals surface area contributed by atoms with E-state index in [0.29, 0.717) is 30.3 Å². The second kappa shape index (κ2) is 8.47. The molecule has 0 N–H and O–H groups in total. The Morgan fingerprint density at radius 1 is 1.12 bits per heavy atom. The van der Waals surface area contributed by atoms with E-state index in [1.165, 1.54) is 6.33 Å². The number of hydrogen-bond acceptors (Lipinski definition) is 8. The Hall–Kier alpha value is -1.67. The highest BCUT2D eigenvalue weighted by Crippen LogP contribution is 2.55. The third kappa shape index (κ3) is 4.36. The SMILES string of the molecule is CC(C)(C)[Si]1(C(C)(C)C)OC[C@H]2O[C@@H](n3cnc4c(OCC[Si](C)(C)C)ncnc43)C(=O)[C@@H]2O1. The molecular weight excluding hydrogens is 468 g/mol. The van der Waals surface area contributed by atoms with Crippen molar-refractivity contribution in [3.05, 3.63) is 12.7 Å². The molecule has 2 saturated heterocycles. The first-order chi connectivity index (χ1) is 15.6. The summed E-state index contributed by atoms with van der Waals surface area (Å²) >= 11 is 0. The van der Waals surface area contributed by atoms with Crippen molar-refractivity contribution in [2.75, 3.05) is 13.2 Å². The minimum atomic E-state index is -2.79. The zero-order chi connectivity index (χ0) is 25.1. The normalized spacial score (nSPS) is 25.6. The molecule has 9 nitrogen and oxygen atoms in total. The van der Waals surface area contributed by atoms with Gasteiger partial charge in [-0.1, -0.05) is 61.2 Å². The Kier molecular flexibility index (Phi) is 6.34. The molecule has 3 atom stereocenters. The van der Waals surface area contributed by atoms with Crippen molar-refractivity contribution in [2.45, 2.75) is 95.7 Å². The Bertz CT molecular complexity index is 1060. The number of nitrogens with zero attached hydrogens (tertiary/aromatic N) is 4. The molecule has 34 heavy (non-hydrogen) atoms. The van der Waals surface area contributed by atoms with Crippen LogP contribution in [-0.4, -0.2) is 67.4 Å². The molecular formula is C23H38N4O5Si2. The molecule has 0 aliphatic carbocycles. The van der Waals surface area contributed by atoms with Gasteiger partial charge < -0.3 is 18.3 Å². The largest absolute Gasteiger partial charge is 0.476 e. The van der Waals surface area contributed by atoms with Crippen LogP contribution in [0, 0.1) is 0 Å². The van der Waals surface area contributed by atoms with Gasteiger partial charge in [-0.3, -0.25) is 9.36 Å². The number of rotatable bonds is 5. The first-order valence-corrected chi connectivity index (χ1v) is 17.5. The van der Waals surface area contributed by atoms with Gasteiger partial charge in [-0.2, -0.15) is 4.98 Å². The molecule has 2 fully saturated rings. The second-order valence-electron chi connectivity index (χ2n) is 12.6. The number of hydrogen-bond donors (Lipinski definition) is 0. The fraction of sp³-hybridized carbons (Fsp3) is 0.739. The standard InChI is InChI=1S/C23H38N4O5Si2/c1-22(2,3)34(23(4,5)6)30-12-15-18(32-34)17(28)21(31-15)27-14-26-16-19(27)24-13-25-20(16)29-10-11-33(7,8)9/h13-15,18,21H,10-12H2,1-9H3/t15-,18-,21-/m1/s1. The van der Waals surface area contributed by atoms with Gasteiger partial charge in [0.2, 0.25) is 11.7 Å². The molecule has 0 bridgehead atoms. The van der Waals surface area contributed by atoms with E-state index in [-0.39, 0.29) is 15.9 Å². The van der Waals surface area contributed by atoms with E-state index in [0.717, 1.165) is 6.04 Å². The van der Waals surface area contributed by atoms with Gasteiger partial charge in [-0.05, 0) is 6.04 Å². The number of ether oxygens (including phenoxy) is 2. The summed E-state index contributed by atoms with van der Waals surface area (Å²) in [4.78, 5) is 26.7. The fourth-order valence-corrected chi connectivity index (χ4v) is 10.6. The third-order valence-corrected chi connectivity index (χ3v) is 13.4. The molecule has 0 saturated carbocycles. The average molecular weight is 507 g/mol. The van der Waals surface area contributed by atoms with Crippen LogP contribution in [0.25, 0.3) is 11.2 Å². The van der Waals surface area contributed by atoms with Crippen LogP contribution in [0.5, 0.6) is 5.88 Å². The van der Waals surface area contributed by atoms with Crippen molar-refractivity contribution >= 4 is 33.6 Å². The first-order valence-electron chi connectivity index (χ1n) is 12.0. The summed E-state index contributed by atoms with van der Waals surface area (Å²) in [6.07, 6.45) is 1.00. The van der Waals surface area contributed by atoms with E-state index in [1.54, 1.807) is 10.9 Å². The van der Waals surface area contributed by atoms with Crippen molar-refractivity contribution in [1.82, 2.24) is 19.5 Å². The molecule has 0 aromatic carbocycles. The van der Waals surface area contributed by atoms with Crippen LogP contribution >= 0.6 is 0 Å². The molecule has 4 rings (SSSR count). The number of fused-ring (bicyclic) bond motifs is 2. The van der Waals surface area contributed by atoms with E-state index in [9.17, 15) is 4.79 Å². The summed E-state index contributed by atoms with van der Waals surface area (Å²) in [5.41, 5.74) is 1.03. The van der Waals surface area contributed by atoms with E-state index in [1.807, 2.05) is 0 Å². The minimum absolute atomic E-state index is 0.127. The van der Waals surface area contributed by atoms with Gasteiger partial charge in [0.1, 0.15) is 18.5 Å². The molecule has 2 aliphatic rings. The zero-order valence-corrected chi connectivity index (χ0v) is 23.8. The summed E-state index contributed by atoms with van der Waals surface area (Å²) in [5, 5.41) is -0.433. The fourth-order valence-electron chi connectivity index (χ4n) is 4.98. The van der Waals surface area contributed by atoms with Gasteiger partial charge in [0.25, 0.3) is 0 Å². The Balaban J connectivity index is 1.60. The number of carbonyl (C=O) groups excluding carboxylic acids is 1. The highest BCUT2D eigenvalue weighted by Gasteiger charge is 2.65. The van der Waals surface area contributed by atoms with Crippen molar-refractivity contribution in [2.24, 2.45) is 0 Å². The van der Waals surface area contributed by atoms with Crippen molar-refractivity contribution in [3.63, 3.8) is 0 Å². The number of imidazole rings is 1. The molecule has 188 valence electrons. The maximum atomic E-state index is 13.6. The molecule has 2 aromatic heterocycles. The Morgan fingerprint density at radius 2 is 1.79 bits per heavy atom. The second-order valence-corrected chi connectivity index (χ2v) is 22.9. The smallest absolute Gasteiger partial charge is 0.350 e. The van der Waals surface area contributed by atoms with Crippen molar-refractivity contribution in [3.8, 4) is 5.88 Å². The maximum absolute atomic E-state index is 13.6. The molecule has 2 aromatic rings. The van der Waals surface area contributed by atoms with E-state index in [2.05, 4.69) is 76.1 Å². The molecule has 2 aliphatic heterocycles. The highest BCUT2D eigenvalue weighted by molar-refractivity contribution is 6.76. The lowest BCUT2D eigenvalue weighted by atomic mass is 10.1. The summed E-state index contributed by atoms with van der Waals surface area (Å²) in [7, 11) is -4.03. The predicted octanol–water partition coefficient (Wildman–Crippen LogP) is 4.47. The van der Waals surface area contributed by atoms with E-state index < -0.39 is 35.1 Å². The van der Waals surface area contributed by atoms with Crippen LogP contribution < -0.4 is 4.74 Å². The minimum Gasteiger partial charge on any atom is -0.476 e. The van der Waals surface area contributed by atoms with E-state index in [4.69, 9.17) is 18.3 Å². The predicted molar refractivity (Wildman–Crippen MR) is 134 cm³/mol. The quantitative estimate of drug-likeness (QED) is 0.548. The molecule has 0 amide bonds. The zero-order valence-electron chi connectivity index (χ0n) is 21.8. The van der Waals surface area contributed by atoms with Gasteiger partial charge in [0.05, 0.1) is 19.5 Å². The number of carbonyl (C=O) groups is 1. The molecule has 0 spiro atoms. The third-order valence-electron chi connectivity index (χ3n) is 6.55. The van der Waals surface area contributed by atoms with Crippen molar-refractivity contribution in [1.29, 1.82) is 0 Å². The molecule has 0 unspecified atom stereocenters. The Labute approximate surface area is 203 Å². The van der Waals surface area contributed by atoms with Crippen molar-refractivity contribution < 1.29 is 23.1 Å². The highest BCUT2D eigenvalue weighted by atomic mass is 28.4. The van der Waals surface area contributed by atoms with E-state index >= 15 is 0 Å². The van der Waals surface area contributed by atoms with Gasteiger partial charge in [-0.25, -0.2) is 9.97 Å².